The second kappa shape index (κ2) is 5.77. The molecule has 2 fully saturated rings. The number of carbonyl (C=O) groups is 2. The second-order valence-corrected chi connectivity index (χ2v) is 5.68. The van der Waals surface area contributed by atoms with Crippen molar-refractivity contribution in [3.8, 4) is 0 Å². The monoisotopic (exact) mass is 269 g/mol. The molecule has 2 aliphatic heterocycles. The van der Waals surface area contributed by atoms with E-state index in [9.17, 15) is 9.59 Å². The summed E-state index contributed by atoms with van der Waals surface area (Å²) < 4.78 is 0. The molecule has 0 aromatic rings. The highest BCUT2D eigenvalue weighted by Crippen LogP contribution is 2.19. The summed E-state index contributed by atoms with van der Waals surface area (Å²) in [6.45, 7) is 5.48. The first-order valence-corrected chi connectivity index (χ1v) is 6.96. The van der Waals surface area contributed by atoms with Gasteiger partial charge in [0.15, 0.2) is 0 Å². The Kier molecular flexibility index (Phi) is 4.29. The van der Waals surface area contributed by atoms with Crippen LogP contribution in [-0.2, 0) is 4.79 Å². The first-order valence-electron chi connectivity index (χ1n) is 6.96. The molecule has 2 rings (SSSR count). The third-order valence-electron chi connectivity index (χ3n) is 4.27. The van der Waals surface area contributed by atoms with Gasteiger partial charge in [0.25, 0.3) is 0 Å². The van der Waals surface area contributed by atoms with Crippen LogP contribution in [0.5, 0.6) is 0 Å². The van der Waals surface area contributed by atoms with Crippen LogP contribution in [0.2, 0.25) is 0 Å². The van der Waals surface area contributed by atoms with Crippen LogP contribution in [0, 0.1) is 5.92 Å². The summed E-state index contributed by atoms with van der Waals surface area (Å²) in [6, 6.07) is 0.365. The van der Waals surface area contributed by atoms with Gasteiger partial charge in [-0.15, -0.1) is 0 Å². The molecule has 0 bridgehead atoms. The van der Waals surface area contributed by atoms with E-state index in [4.69, 9.17) is 5.11 Å². The molecule has 0 spiro atoms. The van der Waals surface area contributed by atoms with Crippen molar-refractivity contribution >= 4 is 12.0 Å². The lowest BCUT2D eigenvalue weighted by Crippen LogP contribution is -2.56. The molecule has 2 heterocycles. The van der Waals surface area contributed by atoms with Crippen LogP contribution < -0.4 is 0 Å². The Morgan fingerprint density at radius 1 is 1.11 bits per heavy atom. The van der Waals surface area contributed by atoms with E-state index in [1.165, 1.54) is 0 Å². The van der Waals surface area contributed by atoms with Gasteiger partial charge in [0.2, 0.25) is 0 Å². The number of rotatable bonds is 1. The Morgan fingerprint density at radius 3 is 2.42 bits per heavy atom. The van der Waals surface area contributed by atoms with Gasteiger partial charge in [0, 0.05) is 38.8 Å². The minimum Gasteiger partial charge on any atom is -0.481 e. The molecule has 2 saturated heterocycles. The van der Waals surface area contributed by atoms with Crippen LogP contribution >= 0.6 is 0 Å². The summed E-state index contributed by atoms with van der Waals surface area (Å²) in [5.41, 5.74) is 0. The van der Waals surface area contributed by atoms with Crippen LogP contribution in [0.15, 0.2) is 0 Å². The van der Waals surface area contributed by atoms with Crippen molar-refractivity contribution in [2.24, 2.45) is 5.92 Å². The van der Waals surface area contributed by atoms with E-state index >= 15 is 0 Å². The molecule has 2 amide bonds. The number of hydrogen-bond acceptors (Lipinski definition) is 3. The number of urea groups is 1. The SMILES string of the molecule is CC1CN(C(=O)N2CCC[C@@H](C(=O)O)C2)CCN1C. The molecular formula is C13H23N3O3. The Balaban J connectivity index is 1.94. The van der Waals surface area contributed by atoms with Crippen LogP contribution in [0.4, 0.5) is 4.79 Å². The molecule has 1 unspecified atom stereocenters. The Morgan fingerprint density at radius 2 is 1.79 bits per heavy atom. The maximum absolute atomic E-state index is 12.4. The molecular weight excluding hydrogens is 246 g/mol. The molecule has 2 atom stereocenters. The topological polar surface area (TPSA) is 64.1 Å². The number of hydrogen-bond donors (Lipinski definition) is 1. The number of nitrogens with zero attached hydrogens (tertiary/aromatic N) is 3. The quantitative estimate of drug-likeness (QED) is 0.754. The summed E-state index contributed by atoms with van der Waals surface area (Å²) in [4.78, 5) is 29.3. The van der Waals surface area contributed by atoms with Crippen molar-refractivity contribution in [1.29, 1.82) is 0 Å². The van der Waals surface area contributed by atoms with E-state index in [2.05, 4.69) is 18.9 Å². The fourth-order valence-electron chi connectivity index (χ4n) is 2.77. The molecule has 0 radical (unpaired) electrons. The minimum absolute atomic E-state index is 0.00546. The number of aliphatic carboxylic acids is 1. The number of piperidine rings is 1. The summed E-state index contributed by atoms with van der Waals surface area (Å²) in [6.07, 6.45) is 1.46. The molecule has 0 aromatic heterocycles. The number of piperazine rings is 1. The average molecular weight is 269 g/mol. The molecule has 19 heavy (non-hydrogen) atoms. The number of amides is 2. The molecule has 6 heteroatoms. The maximum Gasteiger partial charge on any atom is 0.320 e. The van der Waals surface area contributed by atoms with Gasteiger partial charge in [-0.25, -0.2) is 4.79 Å². The normalized spacial score (nSPS) is 29.4. The van der Waals surface area contributed by atoms with E-state index in [-0.39, 0.29) is 6.03 Å². The zero-order valence-electron chi connectivity index (χ0n) is 11.7. The van der Waals surface area contributed by atoms with Crippen molar-refractivity contribution in [2.45, 2.75) is 25.8 Å². The lowest BCUT2D eigenvalue weighted by molar-refractivity contribution is -0.143. The smallest absolute Gasteiger partial charge is 0.320 e. The standard InChI is InChI=1S/C13H23N3O3/c1-10-8-16(7-6-14(10)2)13(19)15-5-3-4-11(9-15)12(17)18/h10-11H,3-9H2,1-2H3,(H,17,18)/t10?,11-/m1/s1. The van der Waals surface area contributed by atoms with Gasteiger partial charge < -0.3 is 19.8 Å². The van der Waals surface area contributed by atoms with E-state index in [1.807, 2.05) is 4.90 Å². The number of carboxylic acids is 1. The Labute approximate surface area is 114 Å². The maximum atomic E-state index is 12.4. The van der Waals surface area contributed by atoms with Gasteiger partial charge in [-0.2, -0.15) is 0 Å². The van der Waals surface area contributed by atoms with Crippen molar-refractivity contribution in [1.82, 2.24) is 14.7 Å². The van der Waals surface area contributed by atoms with Gasteiger partial charge in [-0.3, -0.25) is 4.79 Å². The summed E-state index contributed by atoms with van der Waals surface area (Å²) in [5, 5.41) is 9.07. The fraction of sp³-hybridized carbons (Fsp3) is 0.846. The lowest BCUT2D eigenvalue weighted by atomic mass is 9.98. The first-order chi connectivity index (χ1) is 8.99. The molecule has 2 aliphatic rings. The van der Waals surface area contributed by atoms with E-state index in [1.54, 1.807) is 4.90 Å². The number of likely N-dealkylation sites (tertiary alicyclic amines) is 1. The largest absolute Gasteiger partial charge is 0.481 e. The highest BCUT2D eigenvalue weighted by molar-refractivity contribution is 5.76. The van der Waals surface area contributed by atoms with Crippen molar-refractivity contribution in [3.63, 3.8) is 0 Å². The van der Waals surface area contributed by atoms with Crippen LogP contribution in [0.25, 0.3) is 0 Å². The number of carboxylic acid groups (broad SMARTS) is 1. The van der Waals surface area contributed by atoms with E-state index in [0.29, 0.717) is 25.6 Å². The summed E-state index contributed by atoms with van der Waals surface area (Å²) in [7, 11) is 2.06. The van der Waals surface area contributed by atoms with Crippen molar-refractivity contribution < 1.29 is 14.7 Å². The van der Waals surface area contributed by atoms with Crippen LogP contribution in [0.1, 0.15) is 19.8 Å². The molecule has 0 aliphatic carbocycles. The van der Waals surface area contributed by atoms with Crippen LogP contribution in [-0.4, -0.2) is 77.6 Å². The summed E-state index contributed by atoms with van der Waals surface area (Å²) in [5.74, 6) is -1.19. The third kappa shape index (κ3) is 3.18. The van der Waals surface area contributed by atoms with E-state index < -0.39 is 11.9 Å². The van der Waals surface area contributed by atoms with Crippen LogP contribution in [0.3, 0.4) is 0 Å². The zero-order valence-corrected chi connectivity index (χ0v) is 11.7. The van der Waals surface area contributed by atoms with Gasteiger partial charge in [0.05, 0.1) is 5.92 Å². The van der Waals surface area contributed by atoms with Gasteiger partial charge in [0.1, 0.15) is 0 Å². The Hall–Kier alpha value is -1.30. The number of likely N-dealkylation sites (N-methyl/N-ethyl adjacent to an activating group) is 1. The molecule has 6 nitrogen and oxygen atoms in total. The van der Waals surface area contributed by atoms with Gasteiger partial charge >= 0.3 is 12.0 Å². The zero-order chi connectivity index (χ0) is 14.0. The second-order valence-electron chi connectivity index (χ2n) is 5.68. The van der Waals surface area contributed by atoms with E-state index in [0.717, 1.165) is 26.1 Å². The highest BCUT2D eigenvalue weighted by Gasteiger charge is 2.32. The Bertz CT molecular complexity index is 361. The summed E-state index contributed by atoms with van der Waals surface area (Å²) >= 11 is 0. The lowest BCUT2D eigenvalue weighted by Gasteiger charge is -2.41. The third-order valence-corrected chi connectivity index (χ3v) is 4.27. The van der Waals surface area contributed by atoms with Crippen molar-refractivity contribution in [3.05, 3.63) is 0 Å². The molecule has 0 saturated carbocycles. The highest BCUT2D eigenvalue weighted by atomic mass is 16.4. The predicted octanol–water partition coefficient (Wildman–Crippen LogP) is 0.539. The van der Waals surface area contributed by atoms with Crippen molar-refractivity contribution in [2.75, 3.05) is 39.8 Å². The fourth-order valence-corrected chi connectivity index (χ4v) is 2.77. The van der Waals surface area contributed by atoms with Gasteiger partial charge in [-0.1, -0.05) is 0 Å². The average Bonchev–Trinajstić information content (AvgIpc) is 2.41. The molecule has 108 valence electrons. The number of carbonyl (C=O) groups excluding carboxylic acids is 1. The minimum atomic E-state index is -0.788. The molecule has 1 N–H and O–H groups in total. The molecule has 0 aromatic carbocycles. The first kappa shape index (κ1) is 14.1. The van der Waals surface area contributed by atoms with Gasteiger partial charge in [-0.05, 0) is 26.8 Å². The predicted molar refractivity (Wildman–Crippen MR) is 71.0 cm³/mol.